The Hall–Kier alpha value is -0.870. The van der Waals surface area contributed by atoms with Crippen molar-refractivity contribution in [1.82, 2.24) is 0 Å². The summed E-state index contributed by atoms with van der Waals surface area (Å²) in [6.45, 7) is 2.74. The second-order valence-electron chi connectivity index (χ2n) is 2.96. The maximum atomic E-state index is 10.5. The van der Waals surface area contributed by atoms with Crippen molar-refractivity contribution in [1.29, 1.82) is 0 Å². The lowest BCUT2D eigenvalue weighted by Gasteiger charge is -2.04. The number of hydrogen-bond donors (Lipinski definition) is 1. The van der Waals surface area contributed by atoms with Gasteiger partial charge in [-0.05, 0) is 24.1 Å². The zero-order valence-corrected chi connectivity index (χ0v) is 8.92. The second-order valence-corrected chi connectivity index (χ2v) is 3.89. The van der Waals surface area contributed by atoms with E-state index in [9.17, 15) is 4.21 Å². The molecule has 14 heavy (non-hydrogen) atoms. The smallest absolute Gasteiger partial charge is 0.157 e. The molecule has 0 radical (unpaired) electrons. The van der Waals surface area contributed by atoms with Crippen LogP contribution in [0.25, 0.3) is 0 Å². The van der Waals surface area contributed by atoms with Crippen molar-refractivity contribution in [2.24, 2.45) is 0 Å². The maximum Gasteiger partial charge on any atom is 0.157 e. The normalized spacial score (nSPS) is 12.4. The van der Waals surface area contributed by atoms with Gasteiger partial charge in [-0.15, -0.1) is 0 Å². The molecule has 1 atom stereocenters. The number of hydrogen-bond acceptors (Lipinski definition) is 2. The van der Waals surface area contributed by atoms with Crippen molar-refractivity contribution in [2.75, 3.05) is 6.61 Å². The van der Waals surface area contributed by atoms with Crippen molar-refractivity contribution < 1.29 is 13.5 Å². The molecule has 1 N–H and O–H groups in total. The summed E-state index contributed by atoms with van der Waals surface area (Å²) >= 11 is -1.77. The van der Waals surface area contributed by atoms with Gasteiger partial charge < -0.3 is 9.29 Å². The lowest BCUT2D eigenvalue weighted by atomic mass is 10.2. The summed E-state index contributed by atoms with van der Waals surface area (Å²) < 4.78 is 24.5. The molecule has 0 spiro atoms. The van der Waals surface area contributed by atoms with Crippen LogP contribution in [0.2, 0.25) is 0 Å². The standard InChI is InChI=1S/C10H14O3S/c1-2-7-13-10-5-3-9(4-6-10)8-14(11)12/h3-6H,2,7-8H2,1H3,(H,11,12). The third-order valence-electron chi connectivity index (χ3n) is 1.69. The van der Waals surface area contributed by atoms with E-state index in [1.54, 1.807) is 12.1 Å². The molecule has 0 bridgehead atoms. The summed E-state index contributed by atoms with van der Waals surface area (Å²) in [5.74, 6) is 0.980. The van der Waals surface area contributed by atoms with Crippen LogP contribution >= 0.6 is 0 Å². The third kappa shape index (κ3) is 3.89. The number of ether oxygens (including phenoxy) is 1. The van der Waals surface area contributed by atoms with Crippen LogP contribution in [0.5, 0.6) is 5.75 Å². The van der Waals surface area contributed by atoms with E-state index in [0.717, 1.165) is 17.7 Å². The molecule has 0 aliphatic carbocycles. The predicted octanol–water partition coefficient (Wildman–Crippen LogP) is 2.20. The molecule has 0 aromatic heterocycles. The average Bonchev–Trinajstić information content (AvgIpc) is 2.16. The van der Waals surface area contributed by atoms with Crippen LogP contribution in [0.15, 0.2) is 24.3 Å². The topological polar surface area (TPSA) is 46.5 Å². The van der Waals surface area contributed by atoms with Crippen molar-refractivity contribution in [2.45, 2.75) is 19.1 Å². The largest absolute Gasteiger partial charge is 0.494 e. The van der Waals surface area contributed by atoms with E-state index >= 15 is 0 Å². The molecular formula is C10H14O3S. The highest BCUT2D eigenvalue weighted by atomic mass is 32.2. The summed E-state index contributed by atoms with van der Waals surface area (Å²) in [5.41, 5.74) is 0.842. The number of rotatable bonds is 5. The summed E-state index contributed by atoms with van der Waals surface area (Å²) in [5, 5.41) is 0. The van der Waals surface area contributed by atoms with Gasteiger partial charge in [0, 0.05) is 0 Å². The van der Waals surface area contributed by atoms with Gasteiger partial charge in [-0.1, -0.05) is 19.1 Å². The van der Waals surface area contributed by atoms with Crippen LogP contribution in [-0.2, 0) is 16.8 Å². The molecule has 1 aromatic rings. The van der Waals surface area contributed by atoms with Crippen LogP contribution in [0, 0.1) is 0 Å². The Morgan fingerprint density at radius 1 is 1.36 bits per heavy atom. The molecule has 0 fully saturated rings. The quantitative estimate of drug-likeness (QED) is 0.764. The predicted molar refractivity (Wildman–Crippen MR) is 56.7 cm³/mol. The van der Waals surface area contributed by atoms with Gasteiger partial charge in [-0.2, -0.15) is 0 Å². The maximum absolute atomic E-state index is 10.5. The van der Waals surface area contributed by atoms with Crippen LogP contribution in [0.1, 0.15) is 18.9 Å². The molecule has 0 aliphatic heterocycles. The lowest BCUT2D eigenvalue weighted by Crippen LogP contribution is -1.96. The molecular weight excluding hydrogens is 200 g/mol. The van der Waals surface area contributed by atoms with Crippen LogP contribution in [0.3, 0.4) is 0 Å². The van der Waals surface area contributed by atoms with Gasteiger partial charge in [0.15, 0.2) is 11.1 Å². The first-order valence-corrected chi connectivity index (χ1v) is 5.79. The first-order chi connectivity index (χ1) is 6.72. The molecule has 0 aliphatic rings. The zero-order chi connectivity index (χ0) is 10.4. The van der Waals surface area contributed by atoms with E-state index in [2.05, 4.69) is 0 Å². The molecule has 0 saturated carbocycles. The van der Waals surface area contributed by atoms with Crippen molar-refractivity contribution in [3.8, 4) is 5.75 Å². The minimum atomic E-state index is -1.77. The van der Waals surface area contributed by atoms with E-state index < -0.39 is 11.1 Å². The van der Waals surface area contributed by atoms with Crippen LogP contribution < -0.4 is 4.74 Å². The number of benzene rings is 1. The SMILES string of the molecule is CCCOc1ccc(CS(=O)O)cc1. The van der Waals surface area contributed by atoms with E-state index in [-0.39, 0.29) is 5.75 Å². The molecule has 1 aromatic carbocycles. The first-order valence-electron chi connectivity index (χ1n) is 4.51. The Balaban J connectivity index is 2.54. The Morgan fingerprint density at radius 3 is 2.50 bits per heavy atom. The van der Waals surface area contributed by atoms with Gasteiger partial charge >= 0.3 is 0 Å². The van der Waals surface area contributed by atoms with E-state index in [1.165, 1.54) is 0 Å². The highest BCUT2D eigenvalue weighted by Crippen LogP contribution is 2.13. The van der Waals surface area contributed by atoms with Crippen LogP contribution in [-0.4, -0.2) is 15.4 Å². The second kappa shape index (κ2) is 5.78. The van der Waals surface area contributed by atoms with Crippen molar-refractivity contribution in [3.05, 3.63) is 29.8 Å². The Kier molecular flexibility index (Phi) is 4.62. The van der Waals surface area contributed by atoms with Gasteiger partial charge in [0.2, 0.25) is 0 Å². The van der Waals surface area contributed by atoms with Gasteiger partial charge in [-0.3, -0.25) is 0 Å². The molecule has 0 amide bonds. The summed E-state index contributed by atoms with van der Waals surface area (Å²) in [7, 11) is 0. The molecule has 1 rings (SSSR count). The van der Waals surface area contributed by atoms with Gasteiger partial charge in [0.05, 0.1) is 12.4 Å². The average molecular weight is 214 g/mol. The molecule has 1 unspecified atom stereocenters. The minimum absolute atomic E-state index is 0.175. The monoisotopic (exact) mass is 214 g/mol. The highest BCUT2D eigenvalue weighted by Gasteiger charge is 1.98. The molecule has 0 saturated heterocycles. The molecule has 78 valence electrons. The van der Waals surface area contributed by atoms with E-state index in [4.69, 9.17) is 9.29 Å². The molecule has 0 heterocycles. The van der Waals surface area contributed by atoms with Crippen molar-refractivity contribution in [3.63, 3.8) is 0 Å². The van der Waals surface area contributed by atoms with Gasteiger partial charge in [-0.25, -0.2) is 4.21 Å². The fourth-order valence-corrected chi connectivity index (χ4v) is 1.52. The Bertz CT molecular complexity index is 295. The van der Waals surface area contributed by atoms with Gasteiger partial charge in [0.25, 0.3) is 0 Å². The zero-order valence-electron chi connectivity index (χ0n) is 8.10. The summed E-state index contributed by atoms with van der Waals surface area (Å²) in [6.07, 6.45) is 0.975. The van der Waals surface area contributed by atoms with Crippen LogP contribution in [0.4, 0.5) is 0 Å². The fraction of sp³-hybridized carbons (Fsp3) is 0.400. The van der Waals surface area contributed by atoms with Crippen molar-refractivity contribution >= 4 is 11.1 Å². The fourth-order valence-electron chi connectivity index (χ4n) is 1.04. The highest BCUT2D eigenvalue weighted by molar-refractivity contribution is 7.78. The molecule has 4 heteroatoms. The van der Waals surface area contributed by atoms with Gasteiger partial charge in [0.1, 0.15) is 5.75 Å². The Labute approximate surface area is 86.4 Å². The minimum Gasteiger partial charge on any atom is -0.494 e. The summed E-state index contributed by atoms with van der Waals surface area (Å²) in [4.78, 5) is 0. The lowest BCUT2D eigenvalue weighted by molar-refractivity contribution is 0.317. The molecule has 3 nitrogen and oxygen atoms in total. The summed E-state index contributed by atoms with van der Waals surface area (Å²) in [6, 6.07) is 7.24. The Morgan fingerprint density at radius 2 is 2.00 bits per heavy atom. The first kappa shape index (κ1) is 11.2. The van der Waals surface area contributed by atoms with E-state index in [1.807, 2.05) is 19.1 Å². The third-order valence-corrected chi connectivity index (χ3v) is 2.27. The van der Waals surface area contributed by atoms with E-state index in [0.29, 0.717) is 6.61 Å².